The first-order valence-electron chi connectivity index (χ1n) is 8.56. The first-order chi connectivity index (χ1) is 12.7. The van der Waals surface area contributed by atoms with Crippen molar-refractivity contribution in [2.75, 3.05) is 32.2 Å². The fraction of sp³-hybridized carbons (Fsp3) is 0.300. The van der Waals surface area contributed by atoms with Crippen LogP contribution in [0.15, 0.2) is 48.5 Å². The molecule has 0 saturated carbocycles. The van der Waals surface area contributed by atoms with E-state index in [9.17, 15) is 9.59 Å². The third-order valence-electron chi connectivity index (χ3n) is 3.66. The Morgan fingerprint density at radius 2 is 1.73 bits per heavy atom. The topological polar surface area (TPSA) is 76.7 Å². The van der Waals surface area contributed by atoms with Gasteiger partial charge in [0.25, 0.3) is 11.8 Å². The van der Waals surface area contributed by atoms with Gasteiger partial charge in [0.15, 0.2) is 0 Å². The molecule has 0 aliphatic carbocycles. The fourth-order valence-corrected chi connectivity index (χ4v) is 2.37. The van der Waals surface area contributed by atoms with Crippen LogP contribution in [0.2, 0.25) is 0 Å². The molecule has 26 heavy (non-hydrogen) atoms. The molecule has 0 unspecified atom stereocenters. The maximum atomic E-state index is 12.5. The lowest BCUT2D eigenvalue weighted by atomic mass is 10.1. The molecule has 138 valence electrons. The van der Waals surface area contributed by atoms with Gasteiger partial charge in [-0.3, -0.25) is 9.59 Å². The van der Waals surface area contributed by atoms with Crippen molar-refractivity contribution < 1.29 is 19.1 Å². The van der Waals surface area contributed by atoms with E-state index in [-0.39, 0.29) is 11.8 Å². The maximum absolute atomic E-state index is 12.5. The molecule has 0 bridgehead atoms. The third kappa shape index (κ3) is 5.60. The van der Waals surface area contributed by atoms with Crippen LogP contribution in [0.4, 0.5) is 5.69 Å². The van der Waals surface area contributed by atoms with E-state index in [1.54, 1.807) is 55.6 Å². The van der Waals surface area contributed by atoms with E-state index in [1.807, 2.05) is 6.92 Å². The molecule has 6 nitrogen and oxygen atoms in total. The van der Waals surface area contributed by atoms with Crippen LogP contribution in [0, 0.1) is 0 Å². The highest BCUT2D eigenvalue weighted by atomic mass is 16.5. The Morgan fingerprint density at radius 1 is 1.00 bits per heavy atom. The molecule has 0 spiro atoms. The lowest BCUT2D eigenvalue weighted by molar-refractivity contribution is 0.0949. The van der Waals surface area contributed by atoms with E-state index in [0.717, 1.165) is 6.42 Å². The first-order valence-corrected chi connectivity index (χ1v) is 8.56. The van der Waals surface area contributed by atoms with E-state index < -0.39 is 0 Å². The number of anilines is 1. The highest BCUT2D eigenvalue weighted by Crippen LogP contribution is 2.18. The second-order valence-electron chi connectivity index (χ2n) is 5.56. The SMILES string of the molecule is CCOc1ccc(C(=O)Nc2ccccc2C(=O)NCCCOC)cc1. The summed E-state index contributed by atoms with van der Waals surface area (Å²) in [5.74, 6) is 0.191. The van der Waals surface area contributed by atoms with Crippen LogP contribution < -0.4 is 15.4 Å². The fourth-order valence-electron chi connectivity index (χ4n) is 2.37. The lowest BCUT2D eigenvalue weighted by Gasteiger charge is -2.12. The normalized spacial score (nSPS) is 10.2. The largest absolute Gasteiger partial charge is 0.494 e. The van der Waals surface area contributed by atoms with Gasteiger partial charge in [0.1, 0.15) is 5.75 Å². The van der Waals surface area contributed by atoms with Crippen molar-refractivity contribution in [1.82, 2.24) is 5.32 Å². The number of rotatable bonds is 9. The van der Waals surface area contributed by atoms with Crippen molar-refractivity contribution >= 4 is 17.5 Å². The van der Waals surface area contributed by atoms with Crippen LogP contribution in [0.1, 0.15) is 34.1 Å². The summed E-state index contributed by atoms with van der Waals surface area (Å²) in [6.45, 7) is 3.56. The number of methoxy groups -OCH3 is 1. The summed E-state index contributed by atoms with van der Waals surface area (Å²) in [5, 5.41) is 5.62. The molecular formula is C20H24N2O4. The van der Waals surface area contributed by atoms with Gasteiger partial charge in [-0.15, -0.1) is 0 Å². The van der Waals surface area contributed by atoms with Crippen LogP contribution in [0.5, 0.6) is 5.75 Å². The van der Waals surface area contributed by atoms with Crippen molar-refractivity contribution in [1.29, 1.82) is 0 Å². The standard InChI is InChI=1S/C20H24N2O4/c1-3-26-16-11-9-15(10-12-16)19(23)22-18-8-5-4-7-17(18)20(24)21-13-6-14-25-2/h4-5,7-12H,3,6,13-14H2,1-2H3,(H,21,24)(H,22,23). The molecule has 2 rings (SSSR count). The van der Waals surface area contributed by atoms with Gasteiger partial charge in [0, 0.05) is 25.8 Å². The monoisotopic (exact) mass is 356 g/mol. The van der Waals surface area contributed by atoms with Crippen LogP contribution in [-0.2, 0) is 4.74 Å². The highest BCUT2D eigenvalue weighted by Gasteiger charge is 2.13. The van der Waals surface area contributed by atoms with Crippen LogP contribution in [0.3, 0.4) is 0 Å². The minimum atomic E-state index is -0.285. The number of nitrogens with one attached hydrogen (secondary N) is 2. The summed E-state index contributed by atoms with van der Waals surface area (Å²) < 4.78 is 10.3. The molecule has 0 heterocycles. The number of benzene rings is 2. The van der Waals surface area contributed by atoms with Crippen molar-refractivity contribution in [2.24, 2.45) is 0 Å². The van der Waals surface area contributed by atoms with Gasteiger partial charge < -0.3 is 20.1 Å². The first kappa shape index (κ1) is 19.5. The Morgan fingerprint density at radius 3 is 2.42 bits per heavy atom. The van der Waals surface area contributed by atoms with Crippen LogP contribution >= 0.6 is 0 Å². The summed E-state index contributed by atoms with van der Waals surface area (Å²) in [6, 6.07) is 13.8. The number of ether oxygens (including phenoxy) is 2. The number of hydrogen-bond acceptors (Lipinski definition) is 4. The summed E-state index contributed by atoms with van der Waals surface area (Å²) in [6.07, 6.45) is 0.725. The predicted molar refractivity (Wildman–Crippen MR) is 101 cm³/mol. The van der Waals surface area contributed by atoms with Gasteiger partial charge in [-0.1, -0.05) is 12.1 Å². The minimum absolute atomic E-state index is 0.233. The quantitative estimate of drug-likeness (QED) is 0.677. The molecular weight excluding hydrogens is 332 g/mol. The number of carbonyl (C=O) groups is 2. The molecule has 0 aliphatic heterocycles. The zero-order valence-electron chi connectivity index (χ0n) is 15.1. The zero-order valence-corrected chi connectivity index (χ0v) is 15.1. The number of para-hydroxylation sites is 1. The van der Waals surface area contributed by atoms with Gasteiger partial charge in [0.2, 0.25) is 0 Å². The molecule has 6 heteroatoms. The van der Waals surface area contributed by atoms with E-state index in [1.165, 1.54) is 0 Å². The Balaban J connectivity index is 2.04. The lowest BCUT2D eigenvalue weighted by Crippen LogP contribution is -2.26. The smallest absolute Gasteiger partial charge is 0.255 e. The number of carbonyl (C=O) groups excluding carboxylic acids is 2. The molecule has 0 saturated heterocycles. The average molecular weight is 356 g/mol. The van der Waals surface area contributed by atoms with Gasteiger partial charge in [-0.2, -0.15) is 0 Å². The van der Waals surface area contributed by atoms with Crippen molar-refractivity contribution in [3.63, 3.8) is 0 Å². The Hall–Kier alpha value is -2.86. The summed E-state index contributed by atoms with van der Waals surface area (Å²) in [5.41, 5.74) is 1.38. The molecule has 0 atom stereocenters. The van der Waals surface area contributed by atoms with Crippen molar-refractivity contribution in [3.05, 3.63) is 59.7 Å². The van der Waals surface area contributed by atoms with Crippen molar-refractivity contribution in [2.45, 2.75) is 13.3 Å². The minimum Gasteiger partial charge on any atom is -0.494 e. The molecule has 0 aliphatic rings. The Bertz CT molecular complexity index is 729. The number of amides is 2. The molecule has 0 aromatic heterocycles. The number of hydrogen-bond donors (Lipinski definition) is 2. The Labute approximate surface area is 153 Å². The molecule has 0 fully saturated rings. The molecule has 2 N–H and O–H groups in total. The maximum Gasteiger partial charge on any atom is 0.255 e. The predicted octanol–water partition coefficient (Wildman–Crippen LogP) is 3.10. The molecule has 2 aromatic carbocycles. The van der Waals surface area contributed by atoms with Crippen LogP contribution in [-0.4, -0.2) is 38.7 Å². The van der Waals surface area contributed by atoms with Gasteiger partial charge in [-0.05, 0) is 49.7 Å². The Kier molecular flexibility index (Phi) is 7.64. The zero-order chi connectivity index (χ0) is 18.8. The average Bonchev–Trinajstić information content (AvgIpc) is 2.66. The van der Waals surface area contributed by atoms with Gasteiger partial charge in [-0.25, -0.2) is 0 Å². The summed E-state index contributed by atoms with van der Waals surface area (Å²) >= 11 is 0. The molecule has 0 radical (unpaired) electrons. The highest BCUT2D eigenvalue weighted by molar-refractivity contribution is 6.09. The van der Waals surface area contributed by atoms with Crippen molar-refractivity contribution in [3.8, 4) is 5.75 Å². The third-order valence-corrected chi connectivity index (χ3v) is 3.66. The van der Waals surface area contributed by atoms with E-state index in [2.05, 4.69) is 10.6 Å². The summed E-state index contributed by atoms with van der Waals surface area (Å²) in [7, 11) is 1.62. The second-order valence-corrected chi connectivity index (χ2v) is 5.56. The van der Waals surface area contributed by atoms with Gasteiger partial charge in [0.05, 0.1) is 17.9 Å². The van der Waals surface area contributed by atoms with E-state index in [0.29, 0.717) is 42.3 Å². The summed E-state index contributed by atoms with van der Waals surface area (Å²) in [4.78, 5) is 24.8. The van der Waals surface area contributed by atoms with E-state index in [4.69, 9.17) is 9.47 Å². The van der Waals surface area contributed by atoms with E-state index >= 15 is 0 Å². The molecule has 2 amide bonds. The van der Waals surface area contributed by atoms with Crippen LogP contribution in [0.25, 0.3) is 0 Å². The molecule has 2 aromatic rings. The van der Waals surface area contributed by atoms with Gasteiger partial charge >= 0.3 is 0 Å². The second kappa shape index (κ2) is 10.2.